The molecule has 8 nitrogen and oxygen atoms in total. The molecule has 0 aliphatic carbocycles. The van der Waals surface area contributed by atoms with Crippen LogP contribution in [0.3, 0.4) is 0 Å². The SMILES string of the molecule is CC/C=C\C/C=C\C/C=C\C/C=C\C/C=C\CC(=O)OC(COC(=O)CCCCCCCCCCCCCC)COP(=O)(O)OCC. The van der Waals surface area contributed by atoms with E-state index in [1.807, 2.05) is 12.2 Å². The van der Waals surface area contributed by atoms with Crippen LogP contribution in [0.4, 0.5) is 0 Å². The summed E-state index contributed by atoms with van der Waals surface area (Å²) in [6.07, 6.45) is 38.7. The predicted molar refractivity (Wildman–Crippen MR) is 193 cm³/mol. The third-order valence-corrected chi connectivity index (χ3v) is 8.18. The van der Waals surface area contributed by atoms with Gasteiger partial charge in [0.1, 0.15) is 6.61 Å². The fourth-order valence-corrected chi connectivity index (χ4v) is 5.28. The van der Waals surface area contributed by atoms with Crippen LogP contribution in [0.15, 0.2) is 60.8 Å². The molecule has 0 spiro atoms. The third kappa shape index (κ3) is 33.4. The monoisotopic (exact) mass is 680 g/mol. The minimum absolute atomic E-state index is 0.0130. The first-order valence-electron chi connectivity index (χ1n) is 18.1. The number of rotatable bonds is 32. The lowest BCUT2D eigenvalue weighted by molar-refractivity contribution is -0.160. The average molecular weight is 681 g/mol. The van der Waals surface area contributed by atoms with Crippen LogP contribution in [-0.2, 0) is 32.7 Å². The molecule has 0 fully saturated rings. The zero-order valence-corrected chi connectivity index (χ0v) is 30.6. The molecule has 270 valence electrons. The van der Waals surface area contributed by atoms with E-state index in [2.05, 4.69) is 56.4 Å². The van der Waals surface area contributed by atoms with E-state index in [0.717, 1.165) is 44.9 Å². The van der Waals surface area contributed by atoms with Crippen molar-refractivity contribution in [3.63, 3.8) is 0 Å². The van der Waals surface area contributed by atoms with Gasteiger partial charge in [0.05, 0.1) is 19.6 Å². The quantitative estimate of drug-likeness (QED) is 0.0324. The normalized spacial score (nSPS) is 14.2. The van der Waals surface area contributed by atoms with Crippen molar-refractivity contribution < 1.29 is 37.6 Å². The van der Waals surface area contributed by atoms with Crippen molar-refractivity contribution in [2.45, 2.75) is 149 Å². The van der Waals surface area contributed by atoms with Crippen molar-refractivity contribution in [3.8, 4) is 0 Å². The van der Waals surface area contributed by atoms with Crippen LogP contribution < -0.4 is 0 Å². The molecule has 0 saturated heterocycles. The van der Waals surface area contributed by atoms with Crippen molar-refractivity contribution in [1.82, 2.24) is 0 Å². The van der Waals surface area contributed by atoms with E-state index in [9.17, 15) is 19.0 Å². The van der Waals surface area contributed by atoms with Gasteiger partial charge in [-0.2, -0.15) is 0 Å². The van der Waals surface area contributed by atoms with Gasteiger partial charge in [-0.3, -0.25) is 18.6 Å². The first-order chi connectivity index (χ1) is 22.8. The highest BCUT2D eigenvalue weighted by Gasteiger charge is 2.25. The highest BCUT2D eigenvalue weighted by Crippen LogP contribution is 2.43. The smallest absolute Gasteiger partial charge is 0.462 e. The Morgan fingerprint density at radius 2 is 1.06 bits per heavy atom. The maximum Gasteiger partial charge on any atom is 0.472 e. The molecule has 0 aromatic rings. The van der Waals surface area contributed by atoms with Gasteiger partial charge < -0.3 is 14.4 Å². The van der Waals surface area contributed by atoms with Crippen LogP contribution in [0.1, 0.15) is 143 Å². The van der Waals surface area contributed by atoms with Gasteiger partial charge in [-0.25, -0.2) is 4.57 Å². The van der Waals surface area contributed by atoms with Crippen molar-refractivity contribution in [2.75, 3.05) is 19.8 Å². The molecule has 2 atom stereocenters. The Morgan fingerprint density at radius 3 is 1.55 bits per heavy atom. The number of hydrogen-bond acceptors (Lipinski definition) is 7. The molecule has 9 heteroatoms. The number of phosphoric ester groups is 1. The van der Waals surface area contributed by atoms with E-state index in [-0.39, 0.29) is 26.1 Å². The van der Waals surface area contributed by atoms with Gasteiger partial charge in [0.15, 0.2) is 6.10 Å². The van der Waals surface area contributed by atoms with Crippen LogP contribution in [0.5, 0.6) is 0 Å². The number of allylic oxidation sites excluding steroid dienone is 9. The Kier molecular flexibility index (Phi) is 32.0. The van der Waals surface area contributed by atoms with Crippen LogP contribution >= 0.6 is 7.82 Å². The van der Waals surface area contributed by atoms with Crippen LogP contribution in [0.2, 0.25) is 0 Å². The molecular formula is C38H65O8P. The number of carbonyl (C=O) groups is 2. The fraction of sp³-hybridized carbons (Fsp3) is 0.684. The summed E-state index contributed by atoms with van der Waals surface area (Å²) in [6.45, 7) is 5.21. The molecule has 47 heavy (non-hydrogen) atoms. The molecule has 0 aliphatic rings. The molecule has 0 aliphatic heterocycles. The molecule has 2 unspecified atom stereocenters. The summed E-state index contributed by atoms with van der Waals surface area (Å²) in [5.74, 6) is -0.950. The minimum atomic E-state index is -4.30. The molecule has 0 rings (SSSR count). The van der Waals surface area contributed by atoms with Gasteiger partial charge in [-0.05, 0) is 45.4 Å². The topological polar surface area (TPSA) is 108 Å². The van der Waals surface area contributed by atoms with E-state index in [1.165, 1.54) is 57.8 Å². The number of hydrogen-bond donors (Lipinski definition) is 1. The number of esters is 2. The molecule has 0 heterocycles. The lowest BCUT2D eigenvalue weighted by Gasteiger charge is -2.19. The lowest BCUT2D eigenvalue weighted by atomic mass is 10.0. The molecule has 1 N–H and O–H groups in total. The van der Waals surface area contributed by atoms with Gasteiger partial charge in [0.25, 0.3) is 0 Å². The van der Waals surface area contributed by atoms with Crippen molar-refractivity contribution in [3.05, 3.63) is 60.8 Å². The summed E-state index contributed by atoms with van der Waals surface area (Å²) in [5.41, 5.74) is 0. The molecular weight excluding hydrogens is 615 g/mol. The Labute approximate surface area is 286 Å². The molecule has 0 amide bonds. The second-order valence-corrected chi connectivity index (χ2v) is 13.0. The Morgan fingerprint density at radius 1 is 0.596 bits per heavy atom. The maximum atomic E-state index is 12.4. The van der Waals surface area contributed by atoms with E-state index >= 15 is 0 Å². The van der Waals surface area contributed by atoms with Crippen LogP contribution in [-0.4, -0.2) is 42.8 Å². The first-order valence-corrected chi connectivity index (χ1v) is 19.6. The summed E-state index contributed by atoms with van der Waals surface area (Å²) >= 11 is 0. The summed E-state index contributed by atoms with van der Waals surface area (Å²) in [6, 6.07) is 0. The number of carbonyl (C=O) groups excluding carboxylic acids is 2. The number of phosphoric acid groups is 1. The summed E-state index contributed by atoms with van der Waals surface area (Å²) in [5, 5.41) is 0. The average Bonchev–Trinajstić information content (AvgIpc) is 3.04. The second-order valence-electron chi connectivity index (χ2n) is 11.5. The molecule has 0 aromatic carbocycles. The van der Waals surface area contributed by atoms with Crippen LogP contribution in [0.25, 0.3) is 0 Å². The molecule has 0 aromatic heterocycles. The Balaban J connectivity index is 4.35. The summed E-state index contributed by atoms with van der Waals surface area (Å²) in [7, 11) is -4.30. The summed E-state index contributed by atoms with van der Waals surface area (Å²) in [4.78, 5) is 34.4. The van der Waals surface area contributed by atoms with Crippen molar-refractivity contribution in [1.29, 1.82) is 0 Å². The van der Waals surface area contributed by atoms with Gasteiger partial charge in [-0.1, -0.05) is 145 Å². The molecule has 0 bridgehead atoms. The lowest BCUT2D eigenvalue weighted by Crippen LogP contribution is -2.29. The Hall–Kier alpha value is -2.25. The number of unbranched alkanes of at least 4 members (excludes halogenated alkanes) is 11. The standard InChI is InChI=1S/C38H65O8P/c1-4-7-9-11-13-15-17-19-20-21-23-25-27-29-31-33-38(40)46-36(35-45-47(41,42)44-6-3)34-43-37(39)32-30-28-26-24-22-18-16-14-12-10-8-5-2/h7,9,13,15,19-20,23,25,29,31,36H,4-6,8,10-12,14,16-18,21-22,24,26-28,30,32-35H2,1-3H3,(H,41,42)/b9-7-,15-13-,20-19-,25-23-,31-29-. The zero-order valence-electron chi connectivity index (χ0n) is 29.7. The fourth-order valence-electron chi connectivity index (χ4n) is 4.53. The summed E-state index contributed by atoms with van der Waals surface area (Å²) < 4.78 is 32.3. The zero-order chi connectivity index (χ0) is 34.7. The first kappa shape index (κ1) is 44.8. The number of ether oxygens (including phenoxy) is 2. The minimum Gasteiger partial charge on any atom is -0.462 e. The molecule has 0 radical (unpaired) electrons. The van der Waals surface area contributed by atoms with Crippen molar-refractivity contribution >= 4 is 19.8 Å². The van der Waals surface area contributed by atoms with Crippen molar-refractivity contribution in [2.24, 2.45) is 0 Å². The van der Waals surface area contributed by atoms with E-state index in [0.29, 0.717) is 6.42 Å². The molecule has 0 saturated carbocycles. The van der Waals surface area contributed by atoms with Gasteiger partial charge >= 0.3 is 19.8 Å². The van der Waals surface area contributed by atoms with Gasteiger partial charge in [0, 0.05) is 6.42 Å². The highest BCUT2D eigenvalue weighted by atomic mass is 31.2. The Bertz CT molecular complexity index is 953. The van der Waals surface area contributed by atoms with E-state index < -0.39 is 32.5 Å². The predicted octanol–water partition coefficient (Wildman–Crippen LogP) is 10.8. The van der Waals surface area contributed by atoms with Gasteiger partial charge in [-0.15, -0.1) is 0 Å². The third-order valence-electron chi connectivity index (χ3n) is 7.12. The van der Waals surface area contributed by atoms with E-state index in [1.54, 1.807) is 13.0 Å². The largest absolute Gasteiger partial charge is 0.472 e. The maximum absolute atomic E-state index is 12.4. The highest BCUT2D eigenvalue weighted by molar-refractivity contribution is 7.47. The second kappa shape index (κ2) is 33.6. The van der Waals surface area contributed by atoms with E-state index in [4.69, 9.17) is 18.5 Å². The van der Waals surface area contributed by atoms with Crippen LogP contribution in [0, 0.1) is 0 Å². The van der Waals surface area contributed by atoms with Gasteiger partial charge in [0.2, 0.25) is 0 Å².